The minimum Gasteiger partial charge on any atom is -0.497 e. The summed E-state index contributed by atoms with van der Waals surface area (Å²) in [5.74, 6) is 1.52. The van der Waals surface area contributed by atoms with E-state index >= 15 is 0 Å². The number of amidine groups is 2. The second kappa shape index (κ2) is 9.55. The van der Waals surface area contributed by atoms with Gasteiger partial charge in [0.1, 0.15) is 12.4 Å². The van der Waals surface area contributed by atoms with Gasteiger partial charge >= 0.3 is 0 Å². The maximum Gasteiger partial charge on any atom is 0.236 e. The fourth-order valence-corrected chi connectivity index (χ4v) is 4.11. The molecule has 0 fully saturated rings. The zero-order chi connectivity index (χ0) is 20.8. The lowest BCUT2D eigenvalue weighted by molar-refractivity contribution is -0.113. The molecular weight excluding hydrogens is 418 g/mol. The smallest absolute Gasteiger partial charge is 0.236 e. The topological polar surface area (TPSA) is 79.2 Å². The Kier molecular flexibility index (Phi) is 6.41. The van der Waals surface area contributed by atoms with Crippen LogP contribution in [0.25, 0.3) is 0 Å². The molecule has 1 aliphatic heterocycles. The van der Waals surface area contributed by atoms with E-state index in [0.717, 1.165) is 17.0 Å². The van der Waals surface area contributed by atoms with Crippen molar-refractivity contribution < 1.29 is 9.53 Å². The van der Waals surface area contributed by atoms with Gasteiger partial charge in [0.05, 0.1) is 12.9 Å². The quantitative estimate of drug-likeness (QED) is 0.628. The van der Waals surface area contributed by atoms with E-state index in [1.54, 1.807) is 13.3 Å². The van der Waals surface area contributed by atoms with E-state index < -0.39 is 0 Å². The summed E-state index contributed by atoms with van der Waals surface area (Å²) in [6.07, 6.45) is 1.66. The number of thioether (sulfide) groups is 1. The Labute approximate surface area is 182 Å². The number of carbonyl (C=O) groups excluding carboxylic acids is 1. The monoisotopic (exact) mass is 437 g/mol. The summed E-state index contributed by atoms with van der Waals surface area (Å²) in [5, 5.41) is 5.92. The highest BCUT2D eigenvalue weighted by atomic mass is 32.2. The third-order valence-electron chi connectivity index (χ3n) is 4.22. The van der Waals surface area contributed by atoms with Crippen molar-refractivity contribution in [3.8, 4) is 5.75 Å². The third kappa shape index (κ3) is 4.87. The largest absolute Gasteiger partial charge is 0.497 e. The molecule has 4 rings (SSSR count). The van der Waals surface area contributed by atoms with E-state index in [2.05, 4.69) is 15.3 Å². The second-order valence-electron chi connectivity index (χ2n) is 6.18. The van der Waals surface area contributed by atoms with Gasteiger partial charge in [-0.05, 0) is 24.3 Å². The molecular formula is C21H19N5O2S2. The van der Waals surface area contributed by atoms with Crippen LogP contribution in [0.2, 0.25) is 0 Å². The lowest BCUT2D eigenvalue weighted by Gasteiger charge is -2.27. The molecule has 30 heavy (non-hydrogen) atoms. The summed E-state index contributed by atoms with van der Waals surface area (Å²) >= 11 is 2.75. The third-order valence-corrected chi connectivity index (χ3v) is 5.89. The van der Waals surface area contributed by atoms with Crippen LogP contribution in [0.15, 0.2) is 76.2 Å². The van der Waals surface area contributed by atoms with E-state index in [9.17, 15) is 4.79 Å². The lowest BCUT2D eigenvalue weighted by atomic mass is 10.2. The first-order chi connectivity index (χ1) is 14.7. The first-order valence-electron chi connectivity index (χ1n) is 9.15. The second-order valence-corrected chi connectivity index (χ2v) is 8.02. The zero-order valence-corrected chi connectivity index (χ0v) is 17.8. The van der Waals surface area contributed by atoms with Gasteiger partial charge in [0.25, 0.3) is 0 Å². The van der Waals surface area contributed by atoms with Crippen molar-refractivity contribution in [2.75, 3.05) is 29.7 Å². The number of nitrogens with one attached hydrogen (secondary N) is 1. The molecule has 0 spiro atoms. The minimum atomic E-state index is -0.129. The first kappa shape index (κ1) is 20.1. The molecule has 9 heteroatoms. The molecule has 3 aromatic rings. The minimum absolute atomic E-state index is 0.129. The summed E-state index contributed by atoms with van der Waals surface area (Å²) in [6.45, 7) is 0.413. The molecule has 0 saturated carbocycles. The number of thiazole rings is 1. The Morgan fingerprint density at radius 3 is 2.70 bits per heavy atom. The number of hydrogen-bond donors (Lipinski definition) is 1. The summed E-state index contributed by atoms with van der Waals surface area (Å²) in [6, 6.07) is 17.5. The van der Waals surface area contributed by atoms with Crippen LogP contribution in [-0.4, -0.2) is 41.4 Å². The van der Waals surface area contributed by atoms with Crippen molar-refractivity contribution >= 4 is 50.8 Å². The summed E-state index contributed by atoms with van der Waals surface area (Å²) in [5.41, 5.74) is 1.87. The van der Waals surface area contributed by atoms with Gasteiger partial charge in [0.15, 0.2) is 16.1 Å². The van der Waals surface area contributed by atoms with Crippen molar-refractivity contribution in [3.63, 3.8) is 0 Å². The van der Waals surface area contributed by atoms with Gasteiger partial charge in [0.2, 0.25) is 5.91 Å². The van der Waals surface area contributed by atoms with Crippen LogP contribution in [-0.2, 0) is 4.79 Å². The zero-order valence-electron chi connectivity index (χ0n) is 16.2. The van der Waals surface area contributed by atoms with Crippen molar-refractivity contribution in [2.45, 2.75) is 0 Å². The number of methoxy groups -OCH3 is 1. The van der Waals surface area contributed by atoms with E-state index in [4.69, 9.17) is 9.73 Å². The van der Waals surface area contributed by atoms with Crippen LogP contribution in [0.1, 0.15) is 5.56 Å². The number of anilines is 2. The van der Waals surface area contributed by atoms with Crippen LogP contribution < -0.4 is 15.0 Å². The molecule has 0 bridgehead atoms. The Morgan fingerprint density at radius 2 is 2.00 bits per heavy atom. The number of benzene rings is 2. The van der Waals surface area contributed by atoms with Gasteiger partial charge < -0.3 is 15.0 Å². The molecule has 1 N–H and O–H groups in total. The number of rotatable bonds is 6. The standard InChI is InChI=1S/C21H19N5O2S2/c1-28-17-9-7-16(8-10-17)26-14-23-19(15-5-3-2-4-6-15)25-21(26)30-13-18(27)24-20-22-11-12-29-20/h2-12H,13-14H2,1H3,(H,22,24,27). The Morgan fingerprint density at radius 1 is 1.20 bits per heavy atom. The molecule has 0 aliphatic carbocycles. The van der Waals surface area contributed by atoms with Crippen molar-refractivity contribution in [2.24, 2.45) is 9.98 Å². The molecule has 0 unspecified atom stereocenters. The maximum atomic E-state index is 12.3. The lowest BCUT2D eigenvalue weighted by Crippen LogP contribution is -2.34. The molecule has 1 amide bonds. The predicted molar refractivity (Wildman–Crippen MR) is 124 cm³/mol. The molecule has 0 radical (unpaired) electrons. The number of amides is 1. The van der Waals surface area contributed by atoms with Crippen molar-refractivity contribution in [1.29, 1.82) is 0 Å². The van der Waals surface area contributed by atoms with Gasteiger partial charge in [0, 0.05) is 22.8 Å². The van der Waals surface area contributed by atoms with E-state index in [1.807, 2.05) is 64.9 Å². The Bertz CT molecular complexity index is 1050. The van der Waals surface area contributed by atoms with E-state index in [0.29, 0.717) is 22.8 Å². The van der Waals surface area contributed by atoms with Gasteiger partial charge in [-0.25, -0.2) is 15.0 Å². The molecule has 1 aromatic heterocycles. The Balaban J connectivity index is 1.54. The number of hydrogen-bond acceptors (Lipinski definition) is 8. The van der Waals surface area contributed by atoms with E-state index in [1.165, 1.54) is 23.1 Å². The molecule has 0 atom stereocenters. The van der Waals surface area contributed by atoms with Crippen LogP contribution in [0, 0.1) is 0 Å². The van der Waals surface area contributed by atoms with E-state index in [-0.39, 0.29) is 11.7 Å². The molecule has 2 aromatic carbocycles. The molecule has 1 aliphatic rings. The van der Waals surface area contributed by atoms with Crippen molar-refractivity contribution in [1.82, 2.24) is 4.98 Å². The number of aromatic nitrogens is 1. The van der Waals surface area contributed by atoms with Crippen LogP contribution >= 0.6 is 23.1 Å². The average Bonchev–Trinajstić information content (AvgIpc) is 3.31. The molecule has 2 heterocycles. The predicted octanol–water partition coefficient (Wildman–Crippen LogP) is 4.10. The van der Waals surface area contributed by atoms with Crippen molar-refractivity contribution in [3.05, 3.63) is 71.7 Å². The van der Waals surface area contributed by atoms with Gasteiger partial charge in [-0.1, -0.05) is 42.1 Å². The van der Waals surface area contributed by atoms with Gasteiger partial charge in [-0.2, -0.15) is 0 Å². The fourth-order valence-electron chi connectivity index (χ4n) is 2.76. The highest BCUT2D eigenvalue weighted by Crippen LogP contribution is 2.26. The SMILES string of the molecule is COc1ccc(N2CN=C(c3ccccc3)N=C2SCC(=O)Nc2nccs2)cc1. The highest BCUT2D eigenvalue weighted by Gasteiger charge is 2.21. The molecule has 152 valence electrons. The molecule has 7 nitrogen and oxygen atoms in total. The first-order valence-corrected chi connectivity index (χ1v) is 11.0. The van der Waals surface area contributed by atoms with Gasteiger partial charge in [-0.3, -0.25) is 4.79 Å². The number of ether oxygens (including phenoxy) is 1. The van der Waals surface area contributed by atoms with Gasteiger partial charge in [-0.15, -0.1) is 11.3 Å². The number of carbonyl (C=O) groups is 1. The normalized spacial score (nSPS) is 13.4. The van der Waals surface area contributed by atoms with Crippen LogP contribution in [0.5, 0.6) is 5.75 Å². The number of aliphatic imine (C=N–C) groups is 2. The van der Waals surface area contributed by atoms with Crippen LogP contribution in [0.3, 0.4) is 0 Å². The summed E-state index contributed by atoms with van der Waals surface area (Å²) in [7, 11) is 1.64. The average molecular weight is 438 g/mol. The molecule has 0 saturated heterocycles. The Hall–Kier alpha value is -3.17. The maximum absolute atomic E-state index is 12.3. The van der Waals surface area contributed by atoms with Crippen LogP contribution in [0.4, 0.5) is 10.8 Å². The highest BCUT2D eigenvalue weighted by molar-refractivity contribution is 8.14. The fraction of sp³-hybridized carbons (Fsp3) is 0.143. The summed E-state index contributed by atoms with van der Waals surface area (Å²) < 4.78 is 5.25. The summed E-state index contributed by atoms with van der Waals surface area (Å²) in [4.78, 5) is 27.8. The number of nitrogens with zero attached hydrogens (tertiary/aromatic N) is 4.